The topological polar surface area (TPSA) is 77.1 Å². The Hall–Kier alpha value is -3.54. The molecule has 3 aromatic rings. The van der Waals surface area contributed by atoms with Gasteiger partial charge in [-0.05, 0) is 49.8 Å². The number of pyridine rings is 2. The van der Waals surface area contributed by atoms with Crippen LogP contribution in [-0.2, 0) is 0 Å². The first-order chi connectivity index (χ1) is 18.5. The van der Waals surface area contributed by atoms with E-state index in [2.05, 4.69) is 76.4 Å². The van der Waals surface area contributed by atoms with Gasteiger partial charge < -0.3 is 16.1 Å². The molecule has 1 aliphatic carbocycles. The van der Waals surface area contributed by atoms with Crippen molar-refractivity contribution in [2.45, 2.75) is 65.5 Å². The average molecular weight is 548 g/mol. The minimum atomic E-state index is -0.512. The predicted molar refractivity (Wildman–Crippen MR) is 156 cm³/mol. The second kappa shape index (κ2) is 10.2. The summed E-state index contributed by atoms with van der Waals surface area (Å²) in [7, 11) is 0. The molecule has 3 heterocycles. The molecule has 0 radical (unpaired) electrons. The van der Waals surface area contributed by atoms with E-state index in [9.17, 15) is 4.39 Å². The molecule has 0 bridgehead atoms. The number of rotatable bonds is 8. The fourth-order valence-electron chi connectivity index (χ4n) is 4.97. The Balaban J connectivity index is 1.58. The number of halogens is 2. The molecule has 5 rings (SSSR count). The molecule has 1 atom stereocenters. The first-order valence-corrected chi connectivity index (χ1v) is 13.7. The second-order valence-electron chi connectivity index (χ2n) is 11.6. The molecule has 204 valence electrons. The van der Waals surface area contributed by atoms with Crippen LogP contribution in [0.25, 0.3) is 10.9 Å². The Morgan fingerprint density at radius 3 is 2.69 bits per heavy atom. The maximum atomic E-state index is 14.0. The third-order valence-corrected chi connectivity index (χ3v) is 7.77. The van der Waals surface area contributed by atoms with Gasteiger partial charge in [-0.25, -0.2) is 4.98 Å². The van der Waals surface area contributed by atoms with Gasteiger partial charge >= 0.3 is 0 Å². The Labute approximate surface area is 234 Å². The molecule has 0 amide bonds. The monoisotopic (exact) mass is 547 g/mol. The summed E-state index contributed by atoms with van der Waals surface area (Å²) in [6.45, 7) is 11.2. The van der Waals surface area contributed by atoms with Crippen LogP contribution in [0, 0.1) is 30.6 Å². The number of hydrazine groups is 2. The molecule has 2 aromatic heterocycles. The molecule has 39 heavy (non-hydrogen) atoms. The Morgan fingerprint density at radius 1 is 1.28 bits per heavy atom. The van der Waals surface area contributed by atoms with Crippen molar-refractivity contribution in [2.24, 2.45) is 5.41 Å². The molecule has 2 aliphatic rings. The number of aromatic nitrogens is 2. The van der Waals surface area contributed by atoms with Crippen molar-refractivity contribution in [3.05, 3.63) is 70.2 Å². The Bertz CT molecular complexity index is 1480. The van der Waals surface area contributed by atoms with Gasteiger partial charge in [0.1, 0.15) is 0 Å². The fraction of sp³-hybridized carbons (Fsp3) is 0.400. The van der Waals surface area contributed by atoms with Gasteiger partial charge in [-0.3, -0.25) is 9.99 Å². The highest BCUT2D eigenvalue weighted by Crippen LogP contribution is 2.45. The van der Waals surface area contributed by atoms with Crippen LogP contribution in [0.2, 0.25) is 5.02 Å². The standard InChI is InChI=1S/C30H35ClFN7/c1-7-19-15-33-27-22(26(19)34-17-29(4,5)6)13-20(14-23(27)31)36-28(21-9-10-25(32)35-18(21)3)24-16-39(38-37-24)30(8-2)11-12-30/h1,9-10,13-16,28,36-38H,8,11-12,17H2,2-6H3,(H,33,34)/t28-/m0/s1. The van der Waals surface area contributed by atoms with Crippen LogP contribution in [0.1, 0.15) is 69.8 Å². The van der Waals surface area contributed by atoms with E-state index in [4.69, 9.17) is 18.0 Å². The second-order valence-corrected chi connectivity index (χ2v) is 12.0. The minimum absolute atomic E-state index is 0.0379. The van der Waals surface area contributed by atoms with E-state index >= 15 is 0 Å². The quantitative estimate of drug-likeness (QED) is 0.191. The number of hydrogen-bond acceptors (Lipinski definition) is 7. The first kappa shape index (κ1) is 27.0. The zero-order chi connectivity index (χ0) is 27.9. The largest absolute Gasteiger partial charge is 0.383 e. The third kappa shape index (κ3) is 5.47. The SMILES string of the molecule is C#Cc1cnc2c(Cl)cc(N[C@H](C3=CN(C4(CC)CC4)NN3)c3ccc(F)nc3C)cc2c1NCC(C)(C)C. The zero-order valence-corrected chi connectivity index (χ0v) is 23.8. The molecule has 4 N–H and O–H groups in total. The van der Waals surface area contributed by atoms with Gasteiger partial charge in [0.25, 0.3) is 0 Å². The molecule has 0 unspecified atom stereocenters. The summed E-state index contributed by atoms with van der Waals surface area (Å²) in [5.74, 6) is 2.24. The van der Waals surface area contributed by atoms with Gasteiger partial charge in [0.2, 0.25) is 5.95 Å². The molecular weight excluding hydrogens is 513 g/mol. The van der Waals surface area contributed by atoms with Crippen molar-refractivity contribution in [3.63, 3.8) is 0 Å². The number of terminal acetylenes is 1. The predicted octanol–water partition coefficient (Wildman–Crippen LogP) is 6.43. The molecule has 1 saturated carbocycles. The van der Waals surface area contributed by atoms with E-state index in [1.165, 1.54) is 6.07 Å². The van der Waals surface area contributed by atoms with Crippen molar-refractivity contribution >= 4 is 33.9 Å². The van der Waals surface area contributed by atoms with Crippen LogP contribution in [0.5, 0.6) is 0 Å². The molecule has 7 nitrogen and oxygen atoms in total. The van der Waals surface area contributed by atoms with Crippen LogP contribution >= 0.6 is 11.6 Å². The van der Waals surface area contributed by atoms with Gasteiger partial charge in [-0.2, -0.15) is 4.39 Å². The smallest absolute Gasteiger partial charge is 0.213 e. The van der Waals surface area contributed by atoms with Gasteiger partial charge in [-0.15, -0.1) is 12.0 Å². The molecule has 1 fully saturated rings. The fourth-order valence-corrected chi connectivity index (χ4v) is 5.24. The lowest BCUT2D eigenvalue weighted by molar-refractivity contribution is 0.171. The molecule has 9 heteroatoms. The lowest BCUT2D eigenvalue weighted by atomic mass is 9.96. The molecule has 0 saturated heterocycles. The van der Waals surface area contributed by atoms with Crippen molar-refractivity contribution in [3.8, 4) is 12.3 Å². The Kier molecular flexibility index (Phi) is 7.08. The van der Waals surface area contributed by atoms with E-state index < -0.39 is 5.95 Å². The highest BCUT2D eigenvalue weighted by atomic mass is 35.5. The van der Waals surface area contributed by atoms with Crippen molar-refractivity contribution in [1.82, 2.24) is 25.9 Å². The maximum Gasteiger partial charge on any atom is 0.213 e. The number of aryl methyl sites for hydroxylation is 1. The summed E-state index contributed by atoms with van der Waals surface area (Å²) in [5, 5.41) is 10.6. The highest BCUT2D eigenvalue weighted by molar-refractivity contribution is 6.35. The van der Waals surface area contributed by atoms with E-state index in [0.29, 0.717) is 21.8 Å². The van der Waals surface area contributed by atoms with Crippen LogP contribution in [-0.4, -0.2) is 27.1 Å². The van der Waals surface area contributed by atoms with E-state index in [1.807, 2.05) is 19.1 Å². The lowest BCUT2D eigenvalue weighted by Crippen LogP contribution is -2.44. The van der Waals surface area contributed by atoms with Gasteiger partial charge in [-0.1, -0.05) is 51.3 Å². The van der Waals surface area contributed by atoms with Crippen molar-refractivity contribution in [1.29, 1.82) is 0 Å². The number of fused-ring (bicyclic) bond motifs is 1. The molecule has 1 aromatic carbocycles. The zero-order valence-electron chi connectivity index (χ0n) is 23.0. The number of anilines is 2. The van der Waals surface area contributed by atoms with Gasteiger partial charge in [0, 0.05) is 41.3 Å². The minimum Gasteiger partial charge on any atom is -0.383 e. The summed E-state index contributed by atoms with van der Waals surface area (Å²) >= 11 is 6.78. The third-order valence-electron chi connectivity index (χ3n) is 7.49. The molecular formula is C30H35ClFN7. The maximum absolute atomic E-state index is 14.0. The van der Waals surface area contributed by atoms with E-state index in [0.717, 1.165) is 53.8 Å². The summed E-state index contributed by atoms with van der Waals surface area (Å²) in [5.41, 5.74) is 12.1. The van der Waals surface area contributed by atoms with Crippen molar-refractivity contribution < 1.29 is 4.39 Å². The van der Waals surface area contributed by atoms with Gasteiger partial charge in [0.05, 0.1) is 39.1 Å². The molecule has 0 spiro atoms. The van der Waals surface area contributed by atoms with Crippen LogP contribution in [0.15, 0.2) is 42.4 Å². The van der Waals surface area contributed by atoms with E-state index in [1.54, 1.807) is 12.3 Å². The normalized spacial score (nSPS) is 16.9. The number of nitrogens with zero attached hydrogens (tertiary/aromatic N) is 3. The number of hydrogen-bond donors (Lipinski definition) is 4. The van der Waals surface area contributed by atoms with E-state index in [-0.39, 0.29) is 17.0 Å². The lowest BCUT2D eigenvalue weighted by Gasteiger charge is -2.25. The van der Waals surface area contributed by atoms with Crippen molar-refractivity contribution in [2.75, 3.05) is 17.2 Å². The first-order valence-electron chi connectivity index (χ1n) is 13.3. The summed E-state index contributed by atoms with van der Waals surface area (Å²) < 4.78 is 14.0. The average Bonchev–Trinajstić information content (AvgIpc) is 3.53. The summed E-state index contributed by atoms with van der Waals surface area (Å²) in [6, 6.07) is 6.66. The summed E-state index contributed by atoms with van der Waals surface area (Å²) in [4.78, 5) is 8.65. The number of benzene rings is 1. The molecule has 1 aliphatic heterocycles. The van der Waals surface area contributed by atoms with Crippen LogP contribution in [0.4, 0.5) is 15.8 Å². The van der Waals surface area contributed by atoms with Crippen LogP contribution < -0.4 is 21.6 Å². The van der Waals surface area contributed by atoms with Crippen LogP contribution in [0.3, 0.4) is 0 Å². The summed E-state index contributed by atoms with van der Waals surface area (Å²) in [6.07, 6.45) is 12.9. The highest BCUT2D eigenvalue weighted by Gasteiger charge is 2.47. The van der Waals surface area contributed by atoms with Gasteiger partial charge in [0.15, 0.2) is 0 Å². The Morgan fingerprint density at radius 2 is 2.05 bits per heavy atom. The number of nitrogens with one attached hydrogen (secondary N) is 4.